The molecule has 6 heteroatoms. The number of rotatable bonds is 1. The van der Waals surface area contributed by atoms with Gasteiger partial charge in [-0.3, -0.25) is 14.9 Å². The Labute approximate surface area is 89.3 Å². The van der Waals surface area contributed by atoms with Crippen molar-refractivity contribution in [1.29, 1.82) is 0 Å². The zero-order chi connectivity index (χ0) is 12.3. The van der Waals surface area contributed by atoms with Gasteiger partial charge in [-0.05, 0) is 24.3 Å². The first kappa shape index (κ1) is 12.2. The van der Waals surface area contributed by atoms with Crippen molar-refractivity contribution >= 4 is 11.8 Å². The van der Waals surface area contributed by atoms with E-state index < -0.39 is 23.6 Å². The molecule has 0 fully saturated rings. The van der Waals surface area contributed by atoms with Crippen molar-refractivity contribution in [2.24, 2.45) is 0 Å². The Hall–Kier alpha value is -1.85. The summed E-state index contributed by atoms with van der Waals surface area (Å²) < 4.78 is 36.5. The lowest BCUT2D eigenvalue weighted by Crippen LogP contribution is -2.27. The van der Waals surface area contributed by atoms with Crippen LogP contribution in [-0.4, -0.2) is 11.8 Å². The maximum absolute atomic E-state index is 12.2. The van der Waals surface area contributed by atoms with E-state index in [-0.39, 0.29) is 5.56 Å². The number of hydrogen-bond donors (Lipinski definition) is 1. The second kappa shape index (κ2) is 4.34. The van der Waals surface area contributed by atoms with Gasteiger partial charge in [0.25, 0.3) is 5.91 Å². The summed E-state index contributed by atoms with van der Waals surface area (Å²) >= 11 is 0. The third kappa shape index (κ3) is 3.08. The molecule has 0 heterocycles. The minimum Gasteiger partial charge on any atom is -0.293 e. The molecular formula is C10H8F3NO2. The maximum Gasteiger partial charge on any atom is 0.416 e. The standard InChI is InChI=1S/C10H8F3NO2/c1-6(15)14-9(16)7-2-4-8(5-3-7)10(11,12)13/h2-5H,1H3,(H,14,15,16). The molecule has 1 aromatic carbocycles. The molecule has 3 nitrogen and oxygen atoms in total. The molecule has 0 aliphatic carbocycles. The Morgan fingerprint density at radius 2 is 1.62 bits per heavy atom. The number of carbonyl (C=O) groups excluding carboxylic acids is 2. The van der Waals surface area contributed by atoms with Crippen molar-refractivity contribution in [3.8, 4) is 0 Å². The summed E-state index contributed by atoms with van der Waals surface area (Å²) in [4.78, 5) is 21.7. The summed E-state index contributed by atoms with van der Waals surface area (Å²) in [5.41, 5.74) is -0.838. The second-order valence-electron chi connectivity index (χ2n) is 3.09. The number of hydrogen-bond acceptors (Lipinski definition) is 2. The highest BCUT2D eigenvalue weighted by atomic mass is 19.4. The van der Waals surface area contributed by atoms with E-state index in [4.69, 9.17) is 0 Å². The maximum atomic E-state index is 12.2. The van der Waals surface area contributed by atoms with Crippen LogP contribution in [0, 0.1) is 0 Å². The van der Waals surface area contributed by atoms with E-state index in [1.165, 1.54) is 0 Å². The molecule has 0 unspecified atom stereocenters. The first-order valence-corrected chi connectivity index (χ1v) is 4.30. The third-order valence-electron chi connectivity index (χ3n) is 1.76. The highest BCUT2D eigenvalue weighted by Gasteiger charge is 2.30. The van der Waals surface area contributed by atoms with Gasteiger partial charge in [-0.25, -0.2) is 0 Å². The van der Waals surface area contributed by atoms with Crippen molar-refractivity contribution in [3.63, 3.8) is 0 Å². The summed E-state index contributed by atoms with van der Waals surface area (Å²) in [6.45, 7) is 1.14. The normalized spacial score (nSPS) is 11.0. The topological polar surface area (TPSA) is 46.2 Å². The van der Waals surface area contributed by atoms with Gasteiger partial charge >= 0.3 is 6.18 Å². The quantitative estimate of drug-likeness (QED) is 0.803. The Balaban J connectivity index is 2.87. The summed E-state index contributed by atoms with van der Waals surface area (Å²) in [7, 11) is 0. The first-order chi connectivity index (χ1) is 7.30. The summed E-state index contributed by atoms with van der Waals surface area (Å²) in [6, 6.07) is 3.60. The fraction of sp³-hybridized carbons (Fsp3) is 0.200. The van der Waals surface area contributed by atoms with Crippen LogP contribution in [0.15, 0.2) is 24.3 Å². The monoisotopic (exact) mass is 231 g/mol. The molecule has 0 aliphatic heterocycles. The van der Waals surface area contributed by atoms with Crippen LogP contribution in [0.1, 0.15) is 22.8 Å². The molecule has 0 atom stereocenters. The number of halogens is 3. The molecule has 0 aromatic heterocycles. The van der Waals surface area contributed by atoms with Gasteiger partial charge in [-0.2, -0.15) is 13.2 Å². The van der Waals surface area contributed by atoms with Crippen molar-refractivity contribution in [2.45, 2.75) is 13.1 Å². The van der Waals surface area contributed by atoms with E-state index in [0.717, 1.165) is 31.2 Å². The minimum atomic E-state index is -4.43. The van der Waals surface area contributed by atoms with Crippen molar-refractivity contribution in [1.82, 2.24) is 5.32 Å². The predicted molar refractivity (Wildman–Crippen MR) is 49.6 cm³/mol. The lowest BCUT2D eigenvalue weighted by atomic mass is 10.1. The van der Waals surface area contributed by atoms with Crippen molar-refractivity contribution in [3.05, 3.63) is 35.4 Å². The van der Waals surface area contributed by atoms with Crippen LogP contribution in [0.25, 0.3) is 0 Å². The molecule has 1 rings (SSSR count). The number of benzene rings is 1. The van der Waals surface area contributed by atoms with Gasteiger partial charge in [0.15, 0.2) is 0 Å². The van der Waals surface area contributed by atoms with E-state index >= 15 is 0 Å². The van der Waals surface area contributed by atoms with Crippen LogP contribution in [0.5, 0.6) is 0 Å². The predicted octanol–water partition coefficient (Wildman–Crippen LogP) is 1.98. The summed E-state index contributed by atoms with van der Waals surface area (Å²) in [5.74, 6) is -1.29. The number of alkyl halides is 3. The third-order valence-corrected chi connectivity index (χ3v) is 1.76. The molecular weight excluding hydrogens is 223 g/mol. The van der Waals surface area contributed by atoms with Crippen LogP contribution in [-0.2, 0) is 11.0 Å². The molecule has 0 saturated heterocycles. The van der Waals surface area contributed by atoms with E-state index in [2.05, 4.69) is 0 Å². The average molecular weight is 231 g/mol. The second-order valence-corrected chi connectivity index (χ2v) is 3.09. The number of nitrogens with one attached hydrogen (secondary N) is 1. The lowest BCUT2D eigenvalue weighted by Gasteiger charge is -2.07. The van der Waals surface area contributed by atoms with E-state index in [0.29, 0.717) is 0 Å². The molecule has 1 aromatic rings. The Kier molecular flexibility index (Phi) is 3.31. The van der Waals surface area contributed by atoms with Crippen molar-refractivity contribution in [2.75, 3.05) is 0 Å². The molecule has 16 heavy (non-hydrogen) atoms. The van der Waals surface area contributed by atoms with Crippen molar-refractivity contribution < 1.29 is 22.8 Å². The molecule has 0 radical (unpaired) electrons. The molecule has 0 bridgehead atoms. The van der Waals surface area contributed by atoms with Gasteiger partial charge in [-0.15, -0.1) is 0 Å². The lowest BCUT2D eigenvalue weighted by molar-refractivity contribution is -0.137. The highest BCUT2D eigenvalue weighted by molar-refractivity contribution is 6.04. The number of imide groups is 1. The molecule has 0 aliphatic rings. The van der Waals surface area contributed by atoms with Crippen LogP contribution in [0.2, 0.25) is 0 Å². The summed E-state index contributed by atoms with van der Waals surface area (Å²) in [5, 5.41) is 1.96. The van der Waals surface area contributed by atoms with Gasteiger partial charge in [0.2, 0.25) is 5.91 Å². The van der Waals surface area contributed by atoms with Crippen LogP contribution < -0.4 is 5.32 Å². The Morgan fingerprint density at radius 3 is 2.00 bits per heavy atom. The average Bonchev–Trinajstić information content (AvgIpc) is 2.15. The van der Waals surface area contributed by atoms with E-state index in [9.17, 15) is 22.8 Å². The molecule has 0 spiro atoms. The van der Waals surface area contributed by atoms with Gasteiger partial charge < -0.3 is 0 Å². The largest absolute Gasteiger partial charge is 0.416 e. The smallest absolute Gasteiger partial charge is 0.293 e. The van der Waals surface area contributed by atoms with E-state index in [1.807, 2.05) is 5.32 Å². The minimum absolute atomic E-state index is 0.00296. The Bertz CT molecular complexity index is 409. The fourth-order valence-corrected chi connectivity index (χ4v) is 1.04. The molecule has 86 valence electrons. The van der Waals surface area contributed by atoms with E-state index in [1.54, 1.807) is 0 Å². The number of amides is 2. The Morgan fingerprint density at radius 1 is 1.12 bits per heavy atom. The SMILES string of the molecule is CC(=O)NC(=O)c1ccc(C(F)(F)F)cc1. The van der Waals surface area contributed by atoms with Gasteiger partial charge in [-0.1, -0.05) is 0 Å². The molecule has 0 saturated carbocycles. The number of carbonyl (C=O) groups is 2. The van der Waals surface area contributed by atoms with Crippen LogP contribution in [0.4, 0.5) is 13.2 Å². The first-order valence-electron chi connectivity index (χ1n) is 4.30. The molecule has 1 N–H and O–H groups in total. The highest BCUT2D eigenvalue weighted by Crippen LogP contribution is 2.28. The van der Waals surface area contributed by atoms with Crippen LogP contribution in [0.3, 0.4) is 0 Å². The zero-order valence-corrected chi connectivity index (χ0v) is 8.26. The van der Waals surface area contributed by atoms with Crippen LogP contribution >= 0.6 is 0 Å². The fourth-order valence-electron chi connectivity index (χ4n) is 1.04. The molecule has 2 amide bonds. The van der Waals surface area contributed by atoms with Gasteiger partial charge in [0.05, 0.1) is 5.56 Å². The van der Waals surface area contributed by atoms with Gasteiger partial charge in [0, 0.05) is 12.5 Å². The zero-order valence-electron chi connectivity index (χ0n) is 8.26. The summed E-state index contributed by atoms with van der Waals surface area (Å²) in [6.07, 6.45) is -4.43. The van der Waals surface area contributed by atoms with Gasteiger partial charge in [0.1, 0.15) is 0 Å².